The average Bonchev–Trinajstić information content (AvgIpc) is 2.70. The van der Waals surface area contributed by atoms with Gasteiger partial charge in [0.25, 0.3) is 5.91 Å². The van der Waals surface area contributed by atoms with Gasteiger partial charge in [-0.05, 0) is 53.5 Å². The van der Waals surface area contributed by atoms with Crippen molar-refractivity contribution in [3.8, 4) is 11.5 Å². The van der Waals surface area contributed by atoms with Crippen LogP contribution in [0.15, 0.2) is 22.3 Å². The number of ether oxygens (including phenoxy) is 1. The molecule has 6 nitrogen and oxygen atoms in total. The average molecular weight is 355 g/mol. The van der Waals surface area contributed by atoms with Crippen molar-refractivity contribution >= 4 is 33.9 Å². The van der Waals surface area contributed by atoms with E-state index in [4.69, 9.17) is 4.74 Å². The highest BCUT2D eigenvalue weighted by atomic mass is 79.9. The Kier molecular flexibility index (Phi) is 4.52. The van der Waals surface area contributed by atoms with Crippen molar-refractivity contribution < 1.29 is 19.4 Å². The minimum absolute atomic E-state index is 0.00373. The Balaban J connectivity index is 2.37. The topological polar surface area (TPSA) is 78.9 Å². The van der Waals surface area contributed by atoms with Crippen LogP contribution in [0.3, 0.4) is 0 Å². The number of carbonyl (C=O) groups is 2. The summed E-state index contributed by atoms with van der Waals surface area (Å²) in [7, 11) is 0. The minimum atomic E-state index is -0.434. The van der Waals surface area contributed by atoms with Crippen LogP contribution in [0.1, 0.15) is 19.4 Å². The molecule has 7 heteroatoms. The highest BCUT2D eigenvalue weighted by molar-refractivity contribution is 9.10. The molecule has 0 aliphatic carbocycles. The maximum Gasteiger partial charge on any atom is 0.328 e. The van der Waals surface area contributed by atoms with Gasteiger partial charge in [0, 0.05) is 6.54 Å². The Hall–Kier alpha value is -2.02. The third-order valence-electron chi connectivity index (χ3n) is 2.94. The van der Waals surface area contributed by atoms with Crippen LogP contribution in [0.25, 0.3) is 6.08 Å². The number of imide groups is 1. The van der Waals surface area contributed by atoms with E-state index in [0.717, 1.165) is 4.90 Å². The standard InChI is InChI=1S/C14H15BrN2O4/c1-3-17-13(19)10(16-14(17)20)6-8-5-9(15)12(18)11(7-8)21-4-2/h5-7,18H,3-4H2,1-2H3,(H,16,20)/b10-6+. The molecule has 1 fully saturated rings. The van der Waals surface area contributed by atoms with Crippen molar-refractivity contribution in [3.05, 3.63) is 27.9 Å². The number of phenolic OH excluding ortho intramolecular Hbond substituents is 1. The van der Waals surface area contributed by atoms with Crippen LogP contribution in [0, 0.1) is 0 Å². The smallest absolute Gasteiger partial charge is 0.328 e. The number of amides is 3. The number of nitrogens with zero attached hydrogens (tertiary/aromatic N) is 1. The molecule has 0 radical (unpaired) electrons. The third kappa shape index (κ3) is 3.02. The number of carbonyl (C=O) groups excluding carboxylic acids is 2. The van der Waals surface area contributed by atoms with E-state index in [1.807, 2.05) is 0 Å². The molecule has 21 heavy (non-hydrogen) atoms. The Morgan fingerprint density at radius 2 is 2.10 bits per heavy atom. The molecule has 1 aromatic rings. The molecule has 2 N–H and O–H groups in total. The van der Waals surface area contributed by atoms with Gasteiger partial charge in [0.2, 0.25) is 0 Å². The molecular weight excluding hydrogens is 340 g/mol. The monoisotopic (exact) mass is 354 g/mol. The second kappa shape index (κ2) is 6.17. The lowest BCUT2D eigenvalue weighted by Gasteiger charge is -2.09. The highest BCUT2D eigenvalue weighted by Gasteiger charge is 2.32. The Labute approximate surface area is 130 Å². The van der Waals surface area contributed by atoms with Gasteiger partial charge >= 0.3 is 6.03 Å². The maximum absolute atomic E-state index is 12.0. The summed E-state index contributed by atoms with van der Waals surface area (Å²) >= 11 is 3.23. The predicted molar refractivity (Wildman–Crippen MR) is 80.9 cm³/mol. The van der Waals surface area contributed by atoms with Crippen LogP contribution in [0.5, 0.6) is 11.5 Å². The van der Waals surface area contributed by atoms with Gasteiger partial charge in [-0.25, -0.2) is 4.79 Å². The van der Waals surface area contributed by atoms with E-state index in [2.05, 4.69) is 21.2 Å². The number of aromatic hydroxyl groups is 1. The second-order valence-electron chi connectivity index (χ2n) is 4.32. The van der Waals surface area contributed by atoms with Crippen LogP contribution in [-0.4, -0.2) is 35.1 Å². The highest BCUT2D eigenvalue weighted by Crippen LogP contribution is 2.36. The van der Waals surface area contributed by atoms with Crippen LogP contribution < -0.4 is 10.1 Å². The molecule has 2 rings (SSSR count). The quantitative estimate of drug-likeness (QED) is 0.643. The molecule has 1 heterocycles. The summed E-state index contributed by atoms with van der Waals surface area (Å²) < 4.78 is 5.77. The van der Waals surface area contributed by atoms with Crippen LogP contribution in [0.4, 0.5) is 4.79 Å². The van der Waals surface area contributed by atoms with E-state index in [1.54, 1.807) is 32.1 Å². The Bertz CT molecular complexity index is 628. The third-order valence-corrected chi connectivity index (χ3v) is 3.54. The second-order valence-corrected chi connectivity index (χ2v) is 5.17. The lowest BCUT2D eigenvalue weighted by molar-refractivity contribution is -0.122. The molecule has 1 aliphatic rings. The lowest BCUT2D eigenvalue weighted by Crippen LogP contribution is -2.30. The molecule has 0 bridgehead atoms. The van der Waals surface area contributed by atoms with Crippen molar-refractivity contribution in [2.45, 2.75) is 13.8 Å². The molecule has 0 atom stereocenters. The van der Waals surface area contributed by atoms with Gasteiger partial charge in [-0.15, -0.1) is 0 Å². The zero-order valence-corrected chi connectivity index (χ0v) is 13.2. The first-order chi connectivity index (χ1) is 9.97. The zero-order valence-electron chi connectivity index (χ0n) is 11.6. The molecule has 1 aliphatic heterocycles. The first-order valence-electron chi connectivity index (χ1n) is 6.47. The number of likely N-dealkylation sites (N-methyl/N-ethyl adjacent to an activating group) is 1. The van der Waals surface area contributed by atoms with Gasteiger partial charge in [0.1, 0.15) is 5.70 Å². The van der Waals surface area contributed by atoms with Crippen LogP contribution >= 0.6 is 15.9 Å². The molecule has 3 amide bonds. The Morgan fingerprint density at radius 1 is 1.38 bits per heavy atom. The van der Waals surface area contributed by atoms with Gasteiger partial charge in [0.05, 0.1) is 11.1 Å². The molecule has 0 aromatic heterocycles. The van der Waals surface area contributed by atoms with Crippen molar-refractivity contribution in [1.29, 1.82) is 0 Å². The normalized spacial score (nSPS) is 16.5. The summed E-state index contributed by atoms with van der Waals surface area (Å²) in [5.74, 6) is -0.0662. The predicted octanol–water partition coefficient (Wildman–Crippen LogP) is 2.47. The maximum atomic E-state index is 12.0. The summed E-state index contributed by atoms with van der Waals surface area (Å²) in [6, 6.07) is 2.81. The fraction of sp³-hybridized carbons (Fsp3) is 0.286. The van der Waals surface area contributed by atoms with Crippen LogP contribution in [-0.2, 0) is 4.79 Å². The molecule has 0 unspecified atom stereocenters. The van der Waals surface area contributed by atoms with E-state index in [0.29, 0.717) is 28.9 Å². The molecule has 0 saturated carbocycles. The molecule has 112 valence electrons. The van der Waals surface area contributed by atoms with Crippen LogP contribution in [0.2, 0.25) is 0 Å². The largest absolute Gasteiger partial charge is 0.503 e. The minimum Gasteiger partial charge on any atom is -0.503 e. The molecule has 0 spiro atoms. The molecule has 1 aromatic carbocycles. The van der Waals surface area contributed by atoms with Crippen molar-refractivity contribution in [3.63, 3.8) is 0 Å². The first kappa shape index (κ1) is 15.4. The van der Waals surface area contributed by atoms with Gasteiger partial charge in [-0.1, -0.05) is 0 Å². The van der Waals surface area contributed by atoms with Crippen molar-refractivity contribution in [1.82, 2.24) is 10.2 Å². The summed E-state index contributed by atoms with van der Waals surface area (Å²) in [5, 5.41) is 12.4. The number of rotatable bonds is 4. The fourth-order valence-corrected chi connectivity index (χ4v) is 2.43. The first-order valence-corrected chi connectivity index (χ1v) is 7.27. The fourth-order valence-electron chi connectivity index (χ4n) is 1.97. The summed E-state index contributed by atoms with van der Waals surface area (Å²) in [6.45, 7) is 4.24. The van der Waals surface area contributed by atoms with Gasteiger partial charge in [-0.2, -0.15) is 0 Å². The van der Waals surface area contributed by atoms with E-state index in [-0.39, 0.29) is 17.4 Å². The SMILES string of the molecule is CCOc1cc(/C=C2/NC(=O)N(CC)C2=O)cc(Br)c1O. The Morgan fingerprint density at radius 3 is 2.67 bits per heavy atom. The number of hydrogen-bond donors (Lipinski definition) is 2. The van der Waals surface area contributed by atoms with Crippen molar-refractivity contribution in [2.75, 3.05) is 13.2 Å². The van der Waals surface area contributed by atoms with E-state index < -0.39 is 6.03 Å². The molecule has 1 saturated heterocycles. The number of halogens is 1. The van der Waals surface area contributed by atoms with Gasteiger partial charge in [0.15, 0.2) is 11.5 Å². The zero-order chi connectivity index (χ0) is 15.6. The number of phenols is 1. The molecular formula is C14H15BrN2O4. The number of hydrogen-bond acceptors (Lipinski definition) is 4. The van der Waals surface area contributed by atoms with E-state index >= 15 is 0 Å². The number of nitrogens with one attached hydrogen (secondary N) is 1. The summed E-state index contributed by atoms with van der Waals surface area (Å²) in [4.78, 5) is 24.7. The summed E-state index contributed by atoms with van der Waals surface area (Å²) in [6.07, 6.45) is 1.54. The van der Waals surface area contributed by atoms with Gasteiger partial charge < -0.3 is 15.2 Å². The van der Waals surface area contributed by atoms with E-state index in [1.165, 1.54) is 0 Å². The lowest BCUT2D eigenvalue weighted by atomic mass is 10.1. The van der Waals surface area contributed by atoms with Crippen molar-refractivity contribution in [2.24, 2.45) is 0 Å². The van der Waals surface area contributed by atoms with E-state index in [9.17, 15) is 14.7 Å². The summed E-state index contributed by atoms with van der Waals surface area (Å²) in [5.41, 5.74) is 0.826. The number of benzene rings is 1. The van der Waals surface area contributed by atoms with Gasteiger partial charge in [-0.3, -0.25) is 9.69 Å². The number of urea groups is 1.